The second kappa shape index (κ2) is 10.6. The SMILES string of the molecule is CCn1c(SCC(=O)NC2CCCCC2)nnc1[C@H](C)NC(=O)c1ccccc1C. The molecule has 1 saturated carbocycles. The van der Waals surface area contributed by atoms with Gasteiger partial charge < -0.3 is 15.2 Å². The Bertz CT molecular complexity index is 876. The zero-order valence-corrected chi connectivity index (χ0v) is 18.8. The number of nitrogens with zero attached hydrogens (tertiary/aromatic N) is 3. The molecule has 1 aromatic carbocycles. The second-order valence-electron chi connectivity index (χ2n) is 7.79. The summed E-state index contributed by atoms with van der Waals surface area (Å²) >= 11 is 1.39. The van der Waals surface area contributed by atoms with Crippen LogP contribution in [0.15, 0.2) is 29.4 Å². The number of thioether (sulfide) groups is 1. The Balaban J connectivity index is 1.59. The van der Waals surface area contributed by atoms with Crippen LogP contribution in [0, 0.1) is 6.92 Å². The Hall–Kier alpha value is -2.35. The molecule has 1 heterocycles. The number of benzene rings is 1. The summed E-state index contributed by atoms with van der Waals surface area (Å²) in [5.74, 6) is 0.917. The standard InChI is InChI=1S/C22H31N5O2S/c1-4-27-20(16(3)23-21(29)18-13-9-8-10-15(18)2)25-26-22(27)30-14-19(28)24-17-11-6-5-7-12-17/h8-10,13,16-17H,4-7,11-12,14H2,1-3H3,(H,23,29)(H,24,28)/t16-/m0/s1. The van der Waals surface area contributed by atoms with Crippen LogP contribution in [0.5, 0.6) is 0 Å². The minimum absolute atomic E-state index is 0.0417. The van der Waals surface area contributed by atoms with Crippen LogP contribution in [0.3, 0.4) is 0 Å². The number of amides is 2. The maximum absolute atomic E-state index is 12.6. The number of carbonyl (C=O) groups is 2. The molecule has 2 amide bonds. The van der Waals surface area contributed by atoms with Gasteiger partial charge in [-0.2, -0.15) is 0 Å². The van der Waals surface area contributed by atoms with Crippen molar-refractivity contribution in [2.75, 3.05) is 5.75 Å². The predicted octanol–water partition coefficient (Wildman–Crippen LogP) is 3.64. The summed E-state index contributed by atoms with van der Waals surface area (Å²) in [5, 5.41) is 15.4. The van der Waals surface area contributed by atoms with Gasteiger partial charge in [-0.3, -0.25) is 9.59 Å². The van der Waals surface area contributed by atoms with E-state index >= 15 is 0 Å². The maximum Gasteiger partial charge on any atom is 0.252 e. The van der Waals surface area contributed by atoms with Gasteiger partial charge in [0.15, 0.2) is 11.0 Å². The molecular formula is C22H31N5O2S. The van der Waals surface area contributed by atoms with Crippen LogP contribution in [0.25, 0.3) is 0 Å². The highest BCUT2D eigenvalue weighted by Crippen LogP contribution is 2.22. The van der Waals surface area contributed by atoms with E-state index in [2.05, 4.69) is 20.8 Å². The molecule has 0 radical (unpaired) electrons. The van der Waals surface area contributed by atoms with Crippen LogP contribution in [0.2, 0.25) is 0 Å². The van der Waals surface area contributed by atoms with Crippen molar-refractivity contribution in [2.24, 2.45) is 0 Å². The molecule has 0 spiro atoms. The van der Waals surface area contributed by atoms with Crippen LogP contribution in [-0.4, -0.2) is 38.4 Å². The number of aryl methyl sites for hydroxylation is 1. The Kier molecular flexibility index (Phi) is 7.90. The number of hydrogen-bond acceptors (Lipinski definition) is 5. The van der Waals surface area contributed by atoms with E-state index in [1.54, 1.807) is 0 Å². The van der Waals surface area contributed by atoms with Crippen LogP contribution < -0.4 is 10.6 Å². The smallest absolute Gasteiger partial charge is 0.252 e. The highest BCUT2D eigenvalue weighted by atomic mass is 32.2. The maximum atomic E-state index is 12.6. The van der Waals surface area contributed by atoms with Crippen molar-refractivity contribution < 1.29 is 9.59 Å². The summed E-state index contributed by atoms with van der Waals surface area (Å²) in [7, 11) is 0. The second-order valence-corrected chi connectivity index (χ2v) is 8.73. The summed E-state index contributed by atoms with van der Waals surface area (Å²) in [6.45, 7) is 6.49. The van der Waals surface area contributed by atoms with E-state index in [-0.39, 0.29) is 17.9 Å². The molecule has 0 saturated heterocycles. The molecule has 1 aromatic heterocycles. The Labute approximate surface area is 182 Å². The normalized spacial score (nSPS) is 15.6. The van der Waals surface area contributed by atoms with Gasteiger partial charge in [0.2, 0.25) is 5.91 Å². The topological polar surface area (TPSA) is 88.9 Å². The van der Waals surface area contributed by atoms with E-state index in [4.69, 9.17) is 0 Å². The molecule has 1 fully saturated rings. The minimum Gasteiger partial charge on any atom is -0.353 e. The highest BCUT2D eigenvalue weighted by Gasteiger charge is 2.21. The zero-order chi connectivity index (χ0) is 21.5. The van der Waals surface area contributed by atoms with Gasteiger partial charge in [-0.15, -0.1) is 10.2 Å². The number of aromatic nitrogens is 3. The summed E-state index contributed by atoms with van der Waals surface area (Å²) in [4.78, 5) is 24.9. The molecule has 1 aliphatic carbocycles. The summed E-state index contributed by atoms with van der Waals surface area (Å²) < 4.78 is 1.96. The van der Waals surface area contributed by atoms with Crippen molar-refractivity contribution in [1.29, 1.82) is 0 Å². The van der Waals surface area contributed by atoms with Gasteiger partial charge in [0.1, 0.15) is 0 Å². The fourth-order valence-corrected chi connectivity index (χ4v) is 4.66. The molecule has 0 aliphatic heterocycles. The molecule has 7 nitrogen and oxygen atoms in total. The quantitative estimate of drug-likeness (QED) is 0.626. The molecule has 162 valence electrons. The summed E-state index contributed by atoms with van der Waals surface area (Å²) in [6, 6.07) is 7.51. The van der Waals surface area contributed by atoms with Crippen molar-refractivity contribution in [2.45, 2.75) is 76.7 Å². The molecule has 1 atom stereocenters. The van der Waals surface area contributed by atoms with Crippen molar-refractivity contribution in [3.05, 3.63) is 41.2 Å². The lowest BCUT2D eigenvalue weighted by molar-refractivity contribution is -0.119. The summed E-state index contributed by atoms with van der Waals surface area (Å²) in [6.07, 6.45) is 5.80. The molecule has 30 heavy (non-hydrogen) atoms. The van der Waals surface area contributed by atoms with E-state index in [0.717, 1.165) is 18.4 Å². The minimum atomic E-state index is -0.296. The van der Waals surface area contributed by atoms with E-state index in [9.17, 15) is 9.59 Å². The van der Waals surface area contributed by atoms with Crippen molar-refractivity contribution in [1.82, 2.24) is 25.4 Å². The predicted molar refractivity (Wildman–Crippen MR) is 118 cm³/mol. The largest absolute Gasteiger partial charge is 0.353 e. The number of hydrogen-bond donors (Lipinski definition) is 2. The first-order valence-corrected chi connectivity index (χ1v) is 11.7. The van der Waals surface area contributed by atoms with Crippen LogP contribution in [0.1, 0.15) is 73.7 Å². The molecule has 0 unspecified atom stereocenters. The average molecular weight is 430 g/mol. The lowest BCUT2D eigenvalue weighted by Gasteiger charge is -2.22. The van der Waals surface area contributed by atoms with E-state index in [0.29, 0.717) is 34.9 Å². The number of rotatable bonds is 8. The van der Waals surface area contributed by atoms with Gasteiger partial charge in [-0.25, -0.2) is 0 Å². The first kappa shape index (κ1) is 22.3. The summed E-state index contributed by atoms with van der Waals surface area (Å²) in [5.41, 5.74) is 1.58. The lowest BCUT2D eigenvalue weighted by Crippen LogP contribution is -2.37. The molecule has 0 bridgehead atoms. The van der Waals surface area contributed by atoms with Gasteiger partial charge in [0, 0.05) is 18.2 Å². The lowest BCUT2D eigenvalue weighted by atomic mass is 9.95. The molecule has 2 aromatic rings. The Morgan fingerprint density at radius 1 is 1.20 bits per heavy atom. The third kappa shape index (κ3) is 5.62. The van der Waals surface area contributed by atoms with E-state index in [1.165, 1.54) is 31.0 Å². The van der Waals surface area contributed by atoms with Gasteiger partial charge in [-0.1, -0.05) is 49.2 Å². The van der Waals surface area contributed by atoms with Crippen LogP contribution in [0.4, 0.5) is 0 Å². The average Bonchev–Trinajstić information content (AvgIpc) is 3.16. The molecule has 2 N–H and O–H groups in total. The third-order valence-corrected chi connectivity index (χ3v) is 6.46. The van der Waals surface area contributed by atoms with Gasteiger partial charge in [0.25, 0.3) is 5.91 Å². The fourth-order valence-electron chi connectivity index (χ4n) is 3.84. The van der Waals surface area contributed by atoms with Crippen molar-refractivity contribution >= 4 is 23.6 Å². The zero-order valence-electron chi connectivity index (χ0n) is 18.0. The van der Waals surface area contributed by atoms with E-state index in [1.807, 2.05) is 49.6 Å². The van der Waals surface area contributed by atoms with Crippen LogP contribution in [-0.2, 0) is 11.3 Å². The van der Waals surface area contributed by atoms with Crippen molar-refractivity contribution in [3.63, 3.8) is 0 Å². The molecule has 3 rings (SSSR count). The highest BCUT2D eigenvalue weighted by molar-refractivity contribution is 7.99. The monoisotopic (exact) mass is 429 g/mol. The Morgan fingerprint density at radius 3 is 2.63 bits per heavy atom. The first-order valence-electron chi connectivity index (χ1n) is 10.7. The van der Waals surface area contributed by atoms with E-state index < -0.39 is 0 Å². The molecule has 8 heteroatoms. The fraction of sp³-hybridized carbons (Fsp3) is 0.545. The number of carbonyl (C=O) groups excluding carboxylic acids is 2. The van der Waals surface area contributed by atoms with Gasteiger partial charge >= 0.3 is 0 Å². The van der Waals surface area contributed by atoms with Crippen LogP contribution >= 0.6 is 11.8 Å². The molecular weight excluding hydrogens is 398 g/mol. The first-order chi connectivity index (χ1) is 14.5. The van der Waals surface area contributed by atoms with Gasteiger partial charge in [-0.05, 0) is 45.2 Å². The third-order valence-electron chi connectivity index (χ3n) is 5.49. The van der Waals surface area contributed by atoms with Crippen molar-refractivity contribution in [3.8, 4) is 0 Å². The Morgan fingerprint density at radius 2 is 1.93 bits per heavy atom. The molecule has 1 aliphatic rings. The van der Waals surface area contributed by atoms with Gasteiger partial charge in [0.05, 0.1) is 11.8 Å². The number of nitrogens with one attached hydrogen (secondary N) is 2.